The number of benzene rings is 1. The summed E-state index contributed by atoms with van der Waals surface area (Å²) in [6, 6.07) is 8.58. The van der Waals surface area contributed by atoms with E-state index in [9.17, 15) is 0 Å². The van der Waals surface area contributed by atoms with Gasteiger partial charge in [0.25, 0.3) is 0 Å². The monoisotopic (exact) mass is 255 g/mol. The first-order valence-corrected chi connectivity index (χ1v) is 5.84. The van der Waals surface area contributed by atoms with Gasteiger partial charge in [0.1, 0.15) is 0 Å². The third kappa shape index (κ3) is 3.10. The molecule has 0 aliphatic rings. The zero-order valence-electron chi connectivity index (χ0n) is 9.05. The molecular weight excluding hydrogens is 238 g/mol. The molecule has 0 saturated carbocycles. The summed E-state index contributed by atoms with van der Waals surface area (Å²) in [6.07, 6.45) is 0. The second kappa shape index (κ2) is 5.52. The Bertz CT molecular complexity index is 283. The van der Waals surface area contributed by atoms with Crippen LogP contribution < -0.4 is 5.32 Å². The first-order valence-electron chi connectivity index (χ1n) is 5.05. The zero-order valence-corrected chi connectivity index (χ0v) is 10.6. The predicted octanol–water partition coefficient (Wildman–Crippen LogP) is 3.41. The third-order valence-electron chi connectivity index (χ3n) is 2.51. The number of nitrogens with one attached hydrogen (secondary N) is 1. The average molecular weight is 256 g/mol. The van der Waals surface area contributed by atoms with Crippen molar-refractivity contribution in [3.05, 3.63) is 34.3 Å². The van der Waals surface area contributed by atoms with Crippen LogP contribution in [0.25, 0.3) is 0 Å². The van der Waals surface area contributed by atoms with Crippen molar-refractivity contribution < 1.29 is 0 Å². The largest absolute Gasteiger partial charge is 0.319 e. The van der Waals surface area contributed by atoms with Crippen LogP contribution in [0.4, 0.5) is 0 Å². The molecule has 0 spiro atoms. The lowest BCUT2D eigenvalue weighted by Gasteiger charge is -2.21. The highest BCUT2D eigenvalue weighted by molar-refractivity contribution is 9.10. The molecule has 0 aromatic heterocycles. The van der Waals surface area contributed by atoms with Crippen LogP contribution in [-0.2, 0) is 0 Å². The lowest BCUT2D eigenvalue weighted by molar-refractivity contribution is 0.478. The maximum atomic E-state index is 3.51. The van der Waals surface area contributed by atoms with Gasteiger partial charge in [-0.1, -0.05) is 41.9 Å². The minimum Gasteiger partial charge on any atom is -0.319 e. The van der Waals surface area contributed by atoms with Crippen molar-refractivity contribution in [1.82, 2.24) is 5.32 Å². The normalized spacial score (nSPS) is 13.2. The summed E-state index contributed by atoms with van der Waals surface area (Å²) < 4.78 is 1.16. The van der Waals surface area contributed by atoms with Gasteiger partial charge in [0.15, 0.2) is 0 Å². The van der Waals surface area contributed by atoms with Gasteiger partial charge in [-0.3, -0.25) is 0 Å². The van der Waals surface area contributed by atoms with E-state index in [1.54, 1.807) is 0 Å². The van der Waals surface area contributed by atoms with E-state index in [4.69, 9.17) is 0 Å². The topological polar surface area (TPSA) is 12.0 Å². The van der Waals surface area contributed by atoms with Crippen LogP contribution in [0, 0.1) is 5.92 Å². The van der Waals surface area contributed by atoms with E-state index in [1.807, 2.05) is 7.05 Å². The summed E-state index contributed by atoms with van der Waals surface area (Å²) in [7, 11) is 2.01. The lowest BCUT2D eigenvalue weighted by Crippen LogP contribution is -2.21. The molecular formula is C12H18BrN. The fraction of sp³-hybridized carbons (Fsp3) is 0.500. The smallest absolute Gasteiger partial charge is 0.0178 e. The van der Waals surface area contributed by atoms with Crippen molar-refractivity contribution in [3.8, 4) is 0 Å². The number of hydrogen-bond acceptors (Lipinski definition) is 1. The number of rotatable bonds is 4. The Morgan fingerprint density at radius 2 is 2.07 bits per heavy atom. The molecule has 78 valence electrons. The molecule has 1 unspecified atom stereocenters. The van der Waals surface area contributed by atoms with E-state index in [2.05, 4.69) is 59.4 Å². The Morgan fingerprint density at radius 1 is 1.36 bits per heavy atom. The van der Waals surface area contributed by atoms with Gasteiger partial charge in [0.05, 0.1) is 0 Å². The first kappa shape index (κ1) is 11.7. The van der Waals surface area contributed by atoms with Gasteiger partial charge in [-0.05, 0) is 36.6 Å². The minimum absolute atomic E-state index is 0.595. The highest BCUT2D eigenvalue weighted by Gasteiger charge is 2.14. The molecule has 1 aromatic rings. The van der Waals surface area contributed by atoms with Crippen molar-refractivity contribution in [1.29, 1.82) is 0 Å². The quantitative estimate of drug-likeness (QED) is 0.870. The highest BCUT2D eigenvalue weighted by Crippen LogP contribution is 2.25. The van der Waals surface area contributed by atoms with Crippen molar-refractivity contribution in [2.45, 2.75) is 19.8 Å². The molecule has 0 heterocycles. The number of halogens is 1. The molecule has 0 bridgehead atoms. The van der Waals surface area contributed by atoms with E-state index in [0.29, 0.717) is 11.8 Å². The molecule has 1 aromatic carbocycles. The molecule has 1 nitrogen and oxygen atoms in total. The first-order chi connectivity index (χ1) is 6.65. The molecule has 0 saturated heterocycles. The molecule has 0 fully saturated rings. The molecule has 0 radical (unpaired) electrons. The molecule has 0 amide bonds. The number of likely N-dealkylation sites (N-methyl/N-ethyl adjacent to an activating group) is 1. The van der Waals surface area contributed by atoms with Crippen LogP contribution in [0.3, 0.4) is 0 Å². The van der Waals surface area contributed by atoms with Crippen LogP contribution in [0.5, 0.6) is 0 Å². The van der Waals surface area contributed by atoms with Crippen molar-refractivity contribution in [2.75, 3.05) is 13.6 Å². The van der Waals surface area contributed by atoms with E-state index in [-0.39, 0.29) is 0 Å². The van der Waals surface area contributed by atoms with E-state index >= 15 is 0 Å². The Kier molecular flexibility index (Phi) is 4.63. The van der Waals surface area contributed by atoms with Gasteiger partial charge in [-0.2, -0.15) is 0 Å². The Morgan fingerprint density at radius 3 is 2.57 bits per heavy atom. The summed E-state index contributed by atoms with van der Waals surface area (Å²) in [4.78, 5) is 0. The molecule has 1 N–H and O–H groups in total. The van der Waals surface area contributed by atoms with E-state index in [0.717, 1.165) is 11.0 Å². The van der Waals surface area contributed by atoms with Gasteiger partial charge in [0.2, 0.25) is 0 Å². The SMILES string of the molecule is CNCC(c1cccc(Br)c1)C(C)C. The van der Waals surface area contributed by atoms with Crippen LogP contribution in [0.1, 0.15) is 25.3 Å². The number of hydrogen-bond donors (Lipinski definition) is 1. The van der Waals surface area contributed by atoms with E-state index in [1.165, 1.54) is 5.56 Å². The standard InChI is InChI=1S/C12H18BrN/c1-9(2)12(8-14-3)10-5-4-6-11(13)7-10/h4-7,9,12,14H,8H2,1-3H3. The second-order valence-corrected chi connectivity index (χ2v) is 4.88. The van der Waals surface area contributed by atoms with E-state index < -0.39 is 0 Å². The summed E-state index contributed by atoms with van der Waals surface area (Å²) >= 11 is 3.51. The Balaban J connectivity index is 2.87. The van der Waals surface area contributed by atoms with Crippen molar-refractivity contribution in [2.24, 2.45) is 5.92 Å². The minimum atomic E-state index is 0.595. The maximum absolute atomic E-state index is 3.51. The van der Waals surface area contributed by atoms with Gasteiger partial charge >= 0.3 is 0 Å². The average Bonchev–Trinajstić information content (AvgIpc) is 2.13. The van der Waals surface area contributed by atoms with Gasteiger partial charge in [0, 0.05) is 11.0 Å². The molecule has 1 rings (SSSR count). The zero-order chi connectivity index (χ0) is 10.6. The lowest BCUT2D eigenvalue weighted by atomic mass is 9.88. The Labute approximate surface area is 95.0 Å². The highest BCUT2D eigenvalue weighted by atomic mass is 79.9. The molecule has 0 aliphatic heterocycles. The maximum Gasteiger partial charge on any atom is 0.0178 e. The summed E-state index contributed by atoms with van der Waals surface area (Å²) in [5, 5.41) is 3.25. The molecule has 1 atom stereocenters. The fourth-order valence-electron chi connectivity index (χ4n) is 1.70. The van der Waals surface area contributed by atoms with Crippen LogP contribution >= 0.6 is 15.9 Å². The summed E-state index contributed by atoms with van der Waals surface area (Å²) in [6.45, 7) is 5.57. The van der Waals surface area contributed by atoms with Gasteiger partial charge in [-0.15, -0.1) is 0 Å². The Hall–Kier alpha value is -0.340. The van der Waals surface area contributed by atoms with Crippen molar-refractivity contribution >= 4 is 15.9 Å². The molecule has 14 heavy (non-hydrogen) atoms. The van der Waals surface area contributed by atoms with Gasteiger partial charge in [-0.25, -0.2) is 0 Å². The van der Waals surface area contributed by atoms with Crippen molar-refractivity contribution in [3.63, 3.8) is 0 Å². The summed E-state index contributed by atoms with van der Waals surface area (Å²) in [5.41, 5.74) is 1.41. The fourth-order valence-corrected chi connectivity index (χ4v) is 2.11. The predicted molar refractivity (Wildman–Crippen MR) is 65.6 cm³/mol. The van der Waals surface area contributed by atoms with Crippen LogP contribution in [0.2, 0.25) is 0 Å². The second-order valence-electron chi connectivity index (χ2n) is 3.96. The summed E-state index contributed by atoms with van der Waals surface area (Å²) in [5.74, 6) is 1.26. The third-order valence-corrected chi connectivity index (χ3v) is 3.00. The van der Waals surface area contributed by atoms with Gasteiger partial charge < -0.3 is 5.32 Å². The van der Waals surface area contributed by atoms with Crippen LogP contribution in [0.15, 0.2) is 28.7 Å². The molecule has 2 heteroatoms. The molecule has 0 aliphatic carbocycles. The van der Waals surface area contributed by atoms with Crippen LogP contribution in [-0.4, -0.2) is 13.6 Å².